The molecule has 6 nitrogen and oxygen atoms in total. The molecule has 108 valence electrons. The number of benzene rings is 1. The van der Waals surface area contributed by atoms with Crippen LogP contribution >= 0.6 is 22.7 Å². The summed E-state index contributed by atoms with van der Waals surface area (Å²) in [5.41, 5.74) is 8.60. The normalized spacial score (nSPS) is 10.6. The molecule has 0 unspecified atom stereocenters. The monoisotopic (exact) mass is 318 g/mol. The summed E-state index contributed by atoms with van der Waals surface area (Å²) in [5.74, 6) is 5.56. The standard InChI is InChI=1S/C13H14N6S2/c1-9-7-20-12(15-9)17-19(18-14)13-16-11(8-21-13)10-5-3-2-4-6-10/h2-8,18H,14H2,1H3,(H,15,17). The van der Waals surface area contributed by atoms with Crippen molar-refractivity contribution in [3.63, 3.8) is 0 Å². The number of anilines is 2. The molecule has 0 fully saturated rings. The van der Waals surface area contributed by atoms with Crippen molar-refractivity contribution in [2.24, 2.45) is 5.84 Å². The number of nitrogens with one attached hydrogen (secondary N) is 2. The van der Waals surface area contributed by atoms with Crippen LogP contribution in [0.4, 0.5) is 10.3 Å². The number of hydrogen-bond donors (Lipinski definition) is 3. The van der Waals surface area contributed by atoms with Gasteiger partial charge in [0, 0.05) is 16.3 Å². The molecular weight excluding hydrogens is 304 g/mol. The summed E-state index contributed by atoms with van der Waals surface area (Å²) < 4.78 is 0. The number of aromatic nitrogens is 2. The minimum Gasteiger partial charge on any atom is -0.255 e. The molecule has 0 saturated carbocycles. The minimum absolute atomic E-state index is 0.712. The van der Waals surface area contributed by atoms with E-state index in [1.165, 1.54) is 22.7 Å². The van der Waals surface area contributed by atoms with E-state index in [2.05, 4.69) is 20.9 Å². The molecule has 3 aromatic rings. The third-order valence-electron chi connectivity index (χ3n) is 2.71. The molecule has 0 bridgehead atoms. The summed E-state index contributed by atoms with van der Waals surface area (Å²) in [7, 11) is 0. The van der Waals surface area contributed by atoms with E-state index < -0.39 is 0 Å². The maximum absolute atomic E-state index is 5.56. The van der Waals surface area contributed by atoms with Gasteiger partial charge in [0.2, 0.25) is 10.3 Å². The van der Waals surface area contributed by atoms with E-state index in [-0.39, 0.29) is 0 Å². The van der Waals surface area contributed by atoms with Gasteiger partial charge in [0.25, 0.3) is 0 Å². The number of hydrogen-bond acceptors (Lipinski definition) is 8. The Kier molecular flexibility index (Phi) is 4.11. The van der Waals surface area contributed by atoms with Crippen molar-refractivity contribution < 1.29 is 0 Å². The SMILES string of the molecule is Cc1csc(NN(NN)c2nc(-c3ccccc3)cs2)n1. The van der Waals surface area contributed by atoms with Gasteiger partial charge < -0.3 is 0 Å². The number of hydrazine groups is 3. The first-order valence-electron chi connectivity index (χ1n) is 6.22. The first-order valence-corrected chi connectivity index (χ1v) is 7.98. The van der Waals surface area contributed by atoms with Gasteiger partial charge >= 0.3 is 0 Å². The number of nitrogens with two attached hydrogens (primary N) is 1. The van der Waals surface area contributed by atoms with E-state index in [9.17, 15) is 0 Å². The maximum Gasteiger partial charge on any atom is 0.221 e. The van der Waals surface area contributed by atoms with Crippen molar-refractivity contribution in [1.29, 1.82) is 0 Å². The molecule has 0 saturated heterocycles. The summed E-state index contributed by atoms with van der Waals surface area (Å²) in [6.45, 7) is 1.94. The quantitative estimate of drug-likeness (QED) is 0.496. The van der Waals surface area contributed by atoms with Crippen LogP contribution in [0.3, 0.4) is 0 Å². The molecule has 0 aliphatic carbocycles. The van der Waals surface area contributed by atoms with Gasteiger partial charge in [0.15, 0.2) is 0 Å². The lowest BCUT2D eigenvalue weighted by molar-refractivity contribution is 0.710. The lowest BCUT2D eigenvalue weighted by atomic mass is 10.2. The molecule has 0 spiro atoms. The maximum atomic E-state index is 5.56. The lowest BCUT2D eigenvalue weighted by Crippen LogP contribution is -2.47. The number of thiazole rings is 2. The number of rotatable bonds is 5. The Morgan fingerprint density at radius 3 is 2.57 bits per heavy atom. The number of nitrogens with zero attached hydrogens (tertiary/aromatic N) is 3. The van der Waals surface area contributed by atoms with Gasteiger partial charge in [0.05, 0.1) is 11.4 Å². The topological polar surface area (TPSA) is 79.1 Å². The second-order valence-corrected chi connectivity index (χ2v) is 5.95. The molecule has 3 rings (SSSR count). The first kappa shape index (κ1) is 14.0. The van der Waals surface area contributed by atoms with Crippen LogP contribution in [0.1, 0.15) is 5.69 Å². The van der Waals surface area contributed by atoms with Crippen LogP contribution in [0, 0.1) is 6.92 Å². The van der Waals surface area contributed by atoms with Crippen LogP contribution in [-0.2, 0) is 0 Å². The average Bonchev–Trinajstić information content (AvgIpc) is 3.15. The number of aryl methyl sites for hydroxylation is 1. The fraction of sp³-hybridized carbons (Fsp3) is 0.0769. The Morgan fingerprint density at radius 1 is 1.10 bits per heavy atom. The zero-order valence-electron chi connectivity index (χ0n) is 11.3. The molecule has 8 heteroatoms. The molecule has 0 atom stereocenters. The summed E-state index contributed by atoms with van der Waals surface area (Å²) in [6, 6.07) is 10.0. The molecule has 21 heavy (non-hydrogen) atoms. The van der Waals surface area contributed by atoms with Crippen molar-refractivity contribution >= 4 is 32.9 Å². The van der Waals surface area contributed by atoms with Crippen molar-refractivity contribution in [1.82, 2.24) is 15.5 Å². The second kappa shape index (κ2) is 6.19. The van der Waals surface area contributed by atoms with Crippen LogP contribution in [0.5, 0.6) is 0 Å². The van der Waals surface area contributed by atoms with Crippen LogP contribution in [0.2, 0.25) is 0 Å². The van der Waals surface area contributed by atoms with Crippen molar-refractivity contribution in [3.8, 4) is 11.3 Å². The zero-order chi connectivity index (χ0) is 14.7. The molecule has 0 aliphatic rings. The largest absolute Gasteiger partial charge is 0.255 e. The average molecular weight is 318 g/mol. The Bertz CT molecular complexity index is 708. The Labute approximate surface area is 130 Å². The van der Waals surface area contributed by atoms with Crippen molar-refractivity contribution in [3.05, 3.63) is 46.8 Å². The highest BCUT2D eigenvalue weighted by molar-refractivity contribution is 7.14. The van der Waals surface area contributed by atoms with Crippen molar-refractivity contribution in [2.75, 3.05) is 10.5 Å². The third kappa shape index (κ3) is 3.19. The molecule has 2 aromatic heterocycles. The van der Waals surface area contributed by atoms with Crippen LogP contribution < -0.4 is 21.9 Å². The molecule has 1 aromatic carbocycles. The third-order valence-corrected chi connectivity index (χ3v) is 4.40. The van der Waals surface area contributed by atoms with E-state index in [4.69, 9.17) is 5.84 Å². The Morgan fingerprint density at radius 2 is 1.90 bits per heavy atom. The van der Waals surface area contributed by atoms with Gasteiger partial charge in [-0.25, -0.2) is 9.97 Å². The minimum atomic E-state index is 0.712. The first-order chi connectivity index (χ1) is 10.3. The van der Waals surface area contributed by atoms with Crippen molar-refractivity contribution in [2.45, 2.75) is 6.92 Å². The van der Waals surface area contributed by atoms with E-state index in [1.54, 1.807) is 5.12 Å². The molecule has 2 heterocycles. The lowest BCUT2D eigenvalue weighted by Gasteiger charge is -2.19. The van der Waals surface area contributed by atoms with E-state index in [0.717, 1.165) is 22.1 Å². The Hall–Kier alpha value is -2.00. The predicted molar refractivity (Wildman–Crippen MR) is 87.8 cm³/mol. The highest BCUT2D eigenvalue weighted by atomic mass is 32.1. The summed E-state index contributed by atoms with van der Waals surface area (Å²) in [5, 5.41) is 6.97. The van der Waals surface area contributed by atoms with E-state index in [1.807, 2.05) is 48.0 Å². The van der Waals surface area contributed by atoms with Gasteiger partial charge in [-0.3, -0.25) is 11.3 Å². The van der Waals surface area contributed by atoms with Gasteiger partial charge in [-0.2, -0.15) is 10.7 Å². The van der Waals surface area contributed by atoms with E-state index >= 15 is 0 Å². The molecule has 0 aliphatic heterocycles. The molecule has 4 N–H and O–H groups in total. The van der Waals surface area contributed by atoms with Crippen LogP contribution in [0.15, 0.2) is 41.1 Å². The predicted octanol–water partition coefficient (Wildman–Crippen LogP) is 2.79. The molecule has 0 radical (unpaired) electrons. The van der Waals surface area contributed by atoms with Gasteiger partial charge in [-0.15, -0.1) is 22.7 Å². The highest BCUT2D eigenvalue weighted by Gasteiger charge is 2.12. The Balaban J connectivity index is 1.80. The van der Waals surface area contributed by atoms with E-state index in [0.29, 0.717) is 5.13 Å². The van der Waals surface area contributed by atoms with Gasteiger partial charge in [-0.05, 0) is 6.92 Å². The van der Waals surface area contributed by atoms with Gasteiger partial charge in [0.1, 0.15) is 0 Å². The van der Waals surface area contributed by atoms with Gasteiger partial charge in [-0.1, -0.05) is 30.3 Å². The van der Waals surface area contributed by atoms with Crippen LogP contribution in [-0.4, -0.2) is 9.97 Å². The molecular formula is C13H14N6S2. The smallest absolute Gasteiger partial charge is 0.221 e. The summed E-state index contributed by atoms with van der Waals surface area (Å²) >= 11 is 3.00. The second-order valence-electron chi connectivity index (χ2n) is 4.25. The molecule has 0 amide bonds. The summed E-state index contributed by atoms with van der Waals surface area (Å²) in [6.07, 6.45) is 0. The zero-order valence-corrected chi connectivity index (χ0v) is 12.9. The highest BCUT2D eigenvalue weighted by Crippen LogP contribution is 2.27. The van der Waals surface area contributed by atoms with Crippen LogP contribution in [0.25, 0.3) is 11.3 Å². The fourth-order valence-corrected chi connectivity index (χ4v) is 3.18. The summed E-state index contributed by atoms with van der Waals surface area (Å²) in [4.78, 5) is 8.91. The fourth-order valence-electron chi connectivity index (χ4n) is 1.74.